The molecule has 2 aliphatic rings. The summed E-state index contributed by atoms with van der Waals surface area (Å²) in [5.41, 5.74) is -0.135. The van der Waals surface area contributed by atoms with E-state index in [9.17, 15) is 10.2 Å². The molecule has 4 nitrogen and oxygen atoms in total. The Kier molecular flexibility index (Phi) is 6.02. The van der Waals surface area contributed by atoms with Crippen LogP contribution in [0, 0.1) is 11.8 Å². The molecule has 0 bridgehead atoms. The zero-order valence-corrected chi connectivity index (χ0v) is 12.6. The standard InChI is InChI=1S/C16H29NO3/c1-13-5-2-3-6-14(13)10-20-11-15(19)9-17-16(12-18)7-4-8-16/h2-3,13-15,17-19H,4-12H2,1H3. The smallest absolute Gasteiger partial charge is 0.0897 e. The molecule has 2 aliphatic carbocycles. The number of hydrogen-bond acceptors (Lipinski definition) is 4. The van der Waals surface area contributed by atoms with E-state index in [1.54, 1.807) is 0 Å². The lowest BCUT2D eigenvalue weighted by Gasteiger charge is -2.41. The van der Waals surface area contributed by atoms with Crippen LogP contribution in [0.5, 0.6) is 0 Å². The van der Waals surface area contributed by atoms with Gasteiger partial charge in [-0.2, -0.15) is 0 Å². The van der Waals surface area contributed by atoms with E-state index < -0.39 is 6.10 Å². The highest BCUT2D eigenvalue weighted by Crippen LogP contribution is 2.31. The van der Waals surface area contributed by atoms with Gasteiger partial charge in [0.2, 0.25) is 0 Å². The van der Waals surface area contributed by atoms with E-state index in [1.165, 1.54) is 0 Å². The summed E-state index contributed by atoms with van der Waals surface area (Å²) in [7, 11) is 0. The van der Waals surface area contributed by atoms with Gasteiger partial charge in [0.05, 0.1) is 25.9 Å². The van der Waals surface area contributed by atoms with Crippen LogP contribution in [0.3, 0.4) is 0 Å². The van der Waals surface area contributed by atoms with E-state index in [-0.39, 0.29) is 12.1 Å². The highest BCUT2D eigenvalue weighted by Gasteiger charge is 2.35. The van der Waals surface area contributed by atoms with Gasteiger partial charge in [-0.15, -0.1) is 0 Å². The fraction of sp³-hybridized carbons (Fsp3) is 0.875. The predicted octanol–water partition coefficient (Wildman–Crippen LogP) is 1.47. The van der Waals surface area contributed by atoms with Crippen LogP contribution in [0.1, 0.15) is 39.0 Å². The maximum absolute atomic E-state index is 9.94. The van der Waals surface area contributed by atoms with Gasteiger partial charge in [-0.25, -0.2) is 0 Å². The van der Waals surface area contributed by atoms with Gasteiger partial charge >= 0.3 is 0 Å². The highest BCUT2D eigenvalue weighted by molar-refractivity contribution is 4.96. The summed E-state index contributed by atoms with van der Waals surface area (Å²) in [5.74, 6) is 1.25. The van der Waals surface area contributed by atoms with Crippen LogP contribution in [0.4, 0.5) is 0 Å². The van der Waals surface area contributed by atoms with Crippen molar-refractivity contribution in [3.05, 3.63) is 12.2 Å². The summed E-state index contributed by atoms with van der Waals surface area (Å²) >= 11 is 0. The van der Waals surface area contributed by atoms with Gasteiger partial charge in [-0.3, -0.25) is 0 Å². The monoisotopic (exact) mass is 283 g/mol. The van der Waals surface area contributed by atoms with Crippen LogP contribution in [0.2, 0.25) is 0 Å². The number of aliphatic hydroxyl groups excluding tert-OH is 2. The molecule has 0 aromatic carbocycles. The van der Waals surface area contributed by atoms with Gasteiger partial charge in [0.1, 0.15) is 0 Å². The summed E-state index contributed by atoms with van der Waals surface area (Å²) < 4.78 is 5.67. The number of nitrogens with one attached hydrogen (secondary N) is 1. The molecule has 0 radical (unpaired) electrons. The molecule has 2 rings (SSSR count). The number of rotatable bonds is 8. The molecule has 1 saturated carbocycles. The van der Waals surface area contributed by atoms with Gasteiger partial charge < -0.3 is 20.3 Å². The average molecular weight is 283 g/mol. The van der Waals surface area contributed by atoms with E-state index in [0.717, 1.165) is 38.7 Å². The number of aliphatic hydroxyl groups is 2. The number of allylic oxidation sites excluding steroid dienone is 2. The molecule has 116 valence electrons. The lowest BCUT2D eigenvalue weighted by Crippen LogP contribution is -2.56. The minimum Gasteiger partial charge on any atom is -0.394 e. The van der Waals surface area contributed by atoms with Crippen molar-refractivity contribution in [3.8, 4) is 0 Å². The Balaban J connectivity index is 1.58. The van der Waals surface area contributed by atoms with E-state index >= 15 is 0 Å². The SMILES string of the molecule is CC1CC=CCC1COCC(O)CNC1(CO)CCC1. The zero-order chi connectivity index (χ0) is 14.4. The first kappa shape index (κ1) is 16.0. The predicted molar refractivity (Wildman–Crippen MR) is 79.5 cm³/mol. The van der Waals surface area contributed by atoms with Crippen LogP contribution in [0.25, 0.3) is 0 Å². The molecule has 3 unspecified atom stereocenters. The molecule has 0 aromatic heterocycles. The minimum absolute atomic E-state index is 0.135. The summed E-state index contributed by atoms with van der Waals surface area (Å²) in [4.78, 5) is 0. The molecule has 0 amide bonds. The molecule has 20 heavy (non-hydrogen) atoms. The molecule has 0 aromatic rings. The Morgan fingerprint density at radius 3 is 2.70 bits per heavy atom. The molecule has 0 aliphatic heterocycles. The minimum atomic E-state index is -0.492. The summed E-state index contributed by atoms with van der Waals surface area (Å²) in [6.07, 6.45) is 9.37. The first-order valence-corrected chi connectivity index (χ1v) is 7.92. The highest BCUT2D eigenvalue weighted by atomic mass is 16.5. The van der Waals surface area contributed by atoms with Crippen molar-refractivity contribution in [2.75, 3.05) is 26.4 Å². The fourth-order valence-corrected chi connectivity index (χ4v) is 2.98. The first-order valence-electron chi connectivity index (χ1n) is 7.92. The van der Waals surface area contributed by atoms with Crippen LogP contribution >= 0.6 is 0 Å². The quantitative estimate of drug-likeness (QED) is 0.590. The van der Waals surface area contributed by atoms with E-state index in [0.29, 0.717) is 25.0 Å². The molecule has 3 N–H and O–H groups in total. The third kappa shape index (κ3) is 4.29. The summed E-state index contributed by atoms with van der Waals surface area (Å²) in [5, 5.41) is 22.6. The third-order valence-corrected chi connectivity index (χ3v) is 4.89. The first-order chi connectivity index (χ1) is 9.65. The molecule has 0 saturated heterocycles. The van der Waals surface area contributed by atoms with E-state index in [2.05, 4.69) is 24.4 Å². The zero-order valence-electron chi connectivity index (χ0n) is 12.6. The normalized spacial score (nSPS) is 29.9. The second-order valence-corrected chi connectivity index (χ2v) is 6.54. The third-order valence-electron chi connectivity index (χ3n) is 4.89. The van der Waals surface area contributed by atoms with Gasteiger partial charge in [0.15, 0.2) is 0 Å². The van der Waals surface area contributed by atoms with Crippen molar-refractivity contribution >= 4 is 0 Å². The molecule has 4 heteroatoms. The number of hydrogen-bond donors (Lipinski definition) is 3. The fourth-order valence-electron chi connectivity index (χ4n) is 2.98. The molecular weight excluding hydrogens is 254 g/mol. The Hall–Kier alpha value is -0.420. The summed E-state index contributed by atoms with van der Waals surface area (Å²) in [6, 6.07) is 0. The van der Waals surface area contributed by atoms with Gasteiger partial charge in [0.25, 0.3) is 0 Å². The van der Waals surface area contributed by atoms with Crippen LogP contribution in [0.15, 0.2) is 12.2 Å². The second kappa shape index (κ2) is 7.55. The maximum Gasteiger partial charge on any atom is 0.0897 e. The van der Waals surface area contributed by atoms with Crippen molar-refractivity contribution < 1.29 is 14.9 Å². The van der Waals surface area contributed by atoms with Crippen molar-refractivity contribution in [2.45, 2.75) is 50.7 Å². The van der Waals surface area contributed by atoms with Crippen molar-refractivity contribution in [2.24, 2.45) is 11.8 Å². The lowest BCUT2D eigenvalue weighted by molar-refractivity contribution is 0.00200. The lowest BCUT2D eigenvalue weighted by atomic mass is 9.77. The molecule has 0 spiro atoms. The van der Waals surface area contributed by atoms with E-state index in [4.69, 9.17) is 4.74 Å². The summed E-state index contributed by atoms with van der Waals surface area (Å²) in [6.45, 7) is 4.03. The Bertz CT molecular complexity index is 309. The Morgan fingerprint density at radius 2 is 2.10 bits per heavy atom. The van der Waals surface area contributed by atoms with Crippen LogP contribution < -0.4 is 5.32 Å². The molecular formula is C16H29NO3. The van der Waals surface area contributed by atoms with Crippen LogP contribution in [-0.2, 0) is 4.74 Å². The Morgan fingerprint density at radius 1 is 1.35 bits per heavy atom. The van der Waals surface area contributed by atoms with Crippen molar-refractivity contribution in [1.29, 1.82) is 0 Å². The maximum atomic E-state index is 9.94. The van der Waals surface area contributed by atoms with Gasteiger partial charge in [0, 0.05) is 12.1 Å². The molecule has 0 heterocycles. The van der Waals surface area contributed by atoms with Crippen LogP contribution in [-0.4, -0.2) is 48.2 Å². The average Bonchev–Trinajstić information content (AvgIpc) is 2.40. The van der Waals surface area contributed by atoms with Crippen molar-refractivity contribution in [3.63, 3.8) is 0 Å². The molecule has 1 fully saturated rings. The number of ether oxygens (including phenoxy) is 1. The molecule has 3 atom stereocenters. The van der Waals surface area contributed by atoms with Gasteiger partial charge in [-0.05, 0) is 43.9 Å². The van der Waals surface area contributed by atoms with Crippen molar-refractivity contribution in [1.82, 2.24) is 5.32 Å². The number of β-amino-alcohol motifs (C(OH)–C–C–N with tert-alkyl or cyclic N) is 1. The second-order valence-electron chi connectivity index (χ2n) is 6.54. The topological polar surface area (TPSA) is 61.7 Å². The van der Waals surface area contributed by atoms with Gasteiger partial charge in [-0.1, -0.05) is 19.1 Å². The van der Waals surface area contributed by atoms with E-state index in [1.807, 2.05) is 0 Å². The largest absolute Gasteiger partial charge is 0.394 e. The Labute approximate surface area is 122 Å².